The van der Waals surface area contributed by atoms with Crippen LogP contribution in [0.5, 0.6) is 0 Å². The Bertz CT molecular complexity index is 1500. The summed E-state index contributed by atoms with van der Waals surface area (Å²) in [6, 6.07) is 13.6. The van der Waals surface area contributed by atoms with Crippen molar-refractivity contribution in [3.8, 4) is 5.69 Å². The fourth-order valence-corrected chi connectivity index (χ4v) is 4.66. The van der Waals surface area contributed by atoms with Gasteiger partial charge in [-0.25, -0.2) is 4.79 Å². The molecule has 1 N–H and O–H groups in total. The van der Waals surface area contributed by atoms with Gasteiger partial charge in [0.2, 0.25) is 5.82 Å². The first-order chi connectivity index (χ1) is 16.6. The molecule has 0 saturated carbocycles. The van der Waals surface area contributed by atoms with Crippen molar-refractivity contribution in [3.05, 3.63) is 87.9 Å². The second-order valence-electron chi connectivity index (χ2n) is 7.80. The molecule has 1 aliphatic rings. The number of halogens is 5. The molecule has 1 unspecified atom stereocenters. The Hall–Kier alpha value is -3.63. The van der Waals surface area contributed by atoms with Crippen LogP contribution in [0.15, 0.2) is 66.1 Å². The van der Waals surface area contributed by atoms with Gasteiger partial charge in [0.1, 0.15) is 6.33 Å². The zero-order valence-corrected chi connectivity index (χ0v) is 18.9. The molecular formula is C23H13Cl2F3N4O3. The van der Waals surface area contributed by atoms with Gasteiger partial charge in [0, 0.05) is 33.0 Å². The number of carboxylic acids is 1. The normalized spacial score (nSPS) is 17.9. The third kappa shape index (κ3) is 3.78. The highest BCUT2D eigenvalue weighted by Gasteiger charge is 2.62. The summed E-state index contributed by atoms with van der Waals surface area (Å²) in [5.41, 5.74) is -2.15. The molecule has 3 aromatic carbocycles. The van der Waals surface area contributed by atoms with Gasteiger partial charge in [-0.2, -0.15) is 13.2 Å². The topological polar surface area (TPSA) is 89.6 Å². The third-order valence-electron chi connectivity index (χ3n) is 5.73. The lowest BCUT2D eigenvalue weighted by Crippen LogP contribution is -2.42. The molecule has 4 aromatic rings. The summed E-state index contributed by atoms with van der Waals surface area (Å²) >= 11 is 11.9. The second-order valence-corrected chi connectivity index (χ2v) is 8.67. The maximum Gasteiger partial charge on any atom is 0.435 e. The predicted molar refractivity (Wildman–Crippen MR) is 122 cm³/mol. The SMILES string of the molecule is O=C(O)c1nncn1-c1ccc(C2=NOC(c3cc(Cl)cc(Cl)c3)(C(F)(F)F)C2)c2ccccc12. The van der Waals surface area contributed by atoms with Crippen LogP contribution in [-0.2, 0) is 10.4 Å². The molecule has 2 heterocycles. The van der Waals surface area contributed by atoms with E-state index in [4.69, 9.17) is 28.0 Å². The summed E-state index contributed by atoms with van der Waals surface area (Å²) in [6.45, 7) is 0. The van der Waals surface area contributed by atoms with Gasteiger partial charge in [-0.15, -0.1) is 10.2 Å². The molecule has 0 amide bonds. The van der Waals surface area contributed by atoms with Gasteiger partial charge in [0.05, 0.1) is 11.4 Å². The van der Waals surface area contributed by atoms with Crippen molar-refractivity contribution in [2.24, 2.45) is 5.16 Å². The average Bonchev–Trinajstić information content (AvgIpc) is 3.46. The van der Waals surface area contributed by atoms with Crippen molar-refractivity contribution in [2.45, 2.75) is 18.2 Å². The minimum atomic E-state index is -4.83. The standard InChI is InChI=1S/C23H13Cl2F3N4O3/c24-13-7-12(8-14(25)9-13)22(23(26,27)28)10-18(31-35-22)16-5-6-19(17-4-2-1-3-15(16)17)32-11-29-30-20(32)21(33)34/h1-9,11H,10H2,(H,33,34). The van der Waals surface area contributed by atoms with Crippen molar-refractivity contribution < 1.29 is 27.9 Å². The van der Waals surface area contributed by atoms with E-state index in [2.05, 4.69) is 15.4 Å². The van der Waals surface area contributed by atoms with E-state index in [0.717, 1.165) is 12.1 Å². The van der Waals surface area contributed by atoms with Crippen LogP contribution in [0.4, 0.5) is 13.2 Å². The van der Waals surface area contributed by atoms with Crippen LogP contribution in [0, 0.1) is 0 Å². The van der Waals surface area contributed by atoms with Crippen LogP contribution in [0.2, 0.25) is 10.0 Å². The molecule has 35 heavy (non-hydrogen) atoms. The number of oxime groups is 1. The highest BCUT2D eigenvalue weighted by Crippen LogP contribution is 2.50. The lowest BCUT2D eigenvalue weighted by Gasteiger charge is -2.29. The Kier molecular flexibility index (Phi) is 5.45. The van der Waals surface area contributed by atoms with Crippen LogP contribution >= 0.6 is 23.2 Å². The Morgan fingerprint density at radius 3 is 2.40 bits per heavy atom. The van der Waals surface area contributed by atoms with Gasteiger partial charge >= 0.3 is 12.1 Å². The first kappa shape index (κ1) is 23.1. The van der Waals surface area contributed by atoms with Crippen molar-refractivity contribution in [3.63, 3.8) is 0 Å². The smallest absolute Gasteiger partial charge is 0.435 e. The Balaban J connectivity index is 1.63. The molecule has 0 spiro atoms. The van der Waals surface area contributed by atoms with E-state index < -0.39 is 24.2 Å². The van der Waals surface area contributed by atoms with Gasteiger partial charge in [-0.1, -0.05) is 58.7 Å². The van der Waals surface area contributed by atoms with Crippen molar-refractivity contribution in [2.75, 3.05) is 0 Å². The molecule has 0 fully saturated rings. The first-order valence-electron chi connectivity index (χ1n) is 10.0. The van der Waals surface area contributed by atoms with E-state index in [-0.39, 0.29) is 27.1 Å². The number of aromatic carboxylic acids is 1. The van der Waals surface area contributed by atoms with Crippen LogP contribution in [0.1, 0.15) is 28.2 Å². The molecule has 0 bridgehead atoms. The summed E-state index contributed by atoms with van der Waals surface area (Å²) in [6.07, 6.45) is -4.21. The number of alkyl halides is 3. The molecule has 5 rings (SSSR count). The third-order valence-corrected chi connectivity index (χ3v) is 6.16. The predicted octanol–water partition coefficient (Wildman–Crippen LogP) is 6.01. The molecule has 1 aromatic heterocycles. The fourth-order valence-electron chi connectivity index (χ4n) is 4.14. The Morgan fingerprint density at radius 2 is 1.74 bits per heavy atom. The Labute approximate surface area is 205 Å². The van der Waals surface area contributed by atoms with E-state index in [1.54, 1.807) is 36.4 Å². The maximum atomic E-state index is 14.4. The highest BCUT2D eigenvalue weighted by atomic mass is 35.5. The van der Waals surface area contributed by atoms with Gasteiger partial charge in [-0.3, -0.25) is 4.57 Å². The summed E-state index contributed by atoms with van der Waals surface area (Å²) < 4.78 is 44.4. The molecule has 1 atom stereocenters. The molecule has 0 aliphatic carbocycles. The number of hydrogen-bond acceptors (Lipinski definition) is 5. The van der Waals surface area contributed by atoms with Crippen LogP contribution in [-0.4, -0.2) is 37.7 Å². The molecule has 0 radical (unpaired) electrons. The van der Waals surface area contributed by atoms with Gasteiger partial charge < -0.3 is 9.94 Å². The zero-order valence-electron chi connectivity index (χ0n) is 17.4. The number of benzene rings is 3. The van der Waals surface area contributed by atoms with E-state index in [1.165, 1.54) is 17.0 Å². The van der Waals surface area contributed by atoms with Crippen molar-refractivity contribution in [1.29, 1.82) is 0 Å². The highest BCUT2D eigenvalue weighted by molar-refractivity contribution is 6.34. The minimum absolute atomic E-state index is 0.0335. The summed E-state index contributed by atoms with van der Waals surface area (Å²) in [5.74, 6) is -1.59. The lowest BCUT2D eigenvalue weighted by molar-refractivity contribution is -0.275. The monoisotopic (exact) mass is 520 g/mol. The molecule has 0 saturated heterocycles. The van der Waals surface area contributed by atoms with Gasteiger partial charge in [0.15, 0.2) is 0 Å². The zero-order chi connectivity index (χ0) is 25.0. The lowest BCUT2D eigenvalue weighted by atomic mass is 9.85. The fraction of sp³-hybridized carbons (Fsp3) is 0.130. The summed E-state index contributed by atoms with van der Waals surface area (Å²) in [5, 5.41) is 21.7. The van der Waals surface area contributed by atoms with E-state index in [1.807, 2.05) is 0 Å². The molecular weight excluding hydrogens is 508 g/mol. The van der Waals surface area contributed by atoms with Crippen LogP contribution in [0.3, 0.4) is 0 Å². The van der Waals surface area contributed by atoms with Gasteiger partial charge in [0.25, 0.3) is 5.60 Å². The number of rotatable bonds is 4. The summed E-state index contributed by atoms with van der Waals surface area (Å²) in [7, 11) is 0. The minimum Gasteiger partial charge on any atom is -0.475 e. The van der Waals surface area contributed by atoms with E-state index in [0.29, 0.717) is 22.0 Å². The maximum absolute atomic E-state index is 14.4. The van der Waals surface area contributed by atoms with E-state index >= 15 is 0 Å². The molecule has 178 valence electrons. The number of nitrogens with zero attached hydrogens (tertiary/aromatic N) is 4. The quantitative estimate of drug-likeness (QED) is 0.356. The molecule has 1 aliphatic heterocycles. The Morgan fingerprint density at radius 1 is 1.06 bits per heavy atom. The summed E-state index contributed by atoms with van der Waals surface area (Å²) in [4.78, 5) is 16.6. The van der Waals surface area contributed by atoms with Crippen molar-refractivity contribution in [1.82, 2.24) is 14.8 Å². The molecule has 12 heteroatoms. The first-order valence-corrected chi connectivity index (χ1v) is 10.8. The van der Waals surface area contributed by atoms with Crippen LogP contribution < -0.4 is 0 Å². The van der Waals surface area contributed by atoms with Crippen molar-refractivity contribution >= 4 is 45.7 Å². The van der Waals surface area contributed by atoms with E-state index in [9.17, 15) is 23.1 Å². The van der Waals surface area contributed by atoms with Gasteiger partial charge in [-0.05, 0) is 29.7 Å². The number of fused-ring (bicyclic) bond motifs is 1. The van der Waals surface area contributed by atoms with Crippen LogP contribution in [0.25, 0.3) is 16.5 Å². The molecule has 7 nitrogen and oxygen atoms in total. The number of hydrogen-bond donors (Lipinski definition) is 1. The number of carbonyl (C=O) groups is 1. The number of aromatic nitrogens is 3. The largest absolute Gasteiger partial charge is 0.475 e. The average molecular weight is 521 g/mol. The number of carboxylic acid groups (broad SMARTS) is 1. The second kappa shape index (κ2) is 8.24.